The topological polar surface area (TPSA) is 111 Å². The fourth-order valence-electron chi connectivity index (χ4n) is 4.57. The number of likely N-dealkylation sites (tertiary alicyclic amines) is 2. The van der Waals surface area contributed by atoms with E-state index in [1.54, 1.807) is 12.1 Å². The largest absolute Gasteiger partial charge is 0.336 e. The van der Waals surface area contributed by atoms with Crippen molar-refractivity contribution in [3.05, 3.63) is 29.3 Å². The van der Waals surface area contributed by atoms with Crippen LogP contribution in [0.5, 0.6) is 0 Å². The summed E-state index contributed by atoms with van der Waals surface area (Å²) in [4.78, 5) is 30.1. The lowest BCUT2D eigenvalue weighted by Gasteiger charge is -2.33. The highest BCUT2D eigenvalue weighted by molar-refractivity contribution is 7.92. The minimum atomic E-state index is -3.85. The van der Waals surface area contributed by atoms with E-state index in [-0.39, 0.29) is 34.7 Å². The zero-order chi connectivity index (χ0) is 23.1. The molecule has 1 aliphatic carbocycles. The second-order valence-electron chi connectivity index (χ2n) is 9.10. The number of hydrogen-bond acceptors (Lipinski definition) is 6. The number of nitrogens with one attached hydrogen (secondary N) is 1. The molecule has 2 atom stereocenters. The standard InChI is InChI=1S/C22H27ClN4O4S/c1-26-10-6-15(7-11-26)21(29)27-13-16(32(30,31)19-5-3-2-4-17(19)23)12-18(27)20(28)25-22(14-24)8-9-22/h2-5,15-16,18H,6-13H2,1H3,(H,25,28). The molecule has 10 heteroatoms. The number of benzene rings is 1. The molecule has 0 radical (unpaired) electrons. The summed E-state index contributed by atoms with van der Waals surface area (Å²) in [5.74, 6) is -0.881. The molecule has 2 unspecified atom stereocenters. The maximum atomic E-state index is 13.4. The van der Waals surface area contributed by atoms with Crippen molar-refractivity contribution in [2.45, 2.75) is 53.8 Å². The Balaban J connectivity index is 1.60. The van der Waals surface area contributed by atoms with Crippen molar-refractivity contribution in [2.75, 3.05) is 26.7 Å². The van der Waals surface area contributed by atoms with Gasteiger partial charge in [0.05, 0.1) is 21.2 Å². The van der Waals surface area contributed by atoms with Crippen LogP contribution in [0.25, 0.3) is 0 Å². The van der Waals surface area contributed by atoms with E-state index in [1.807, 2.05) is 7.05 Å². The van der Waals surface area contributed by atoms with Gasteiger partial charge >= 0.3 is 0 Å². The molecule has 1 aromatic rings. The maximum absolute atomic E-state index is 13.4. The van der Waals surface area contributed by atoms with Gasteiger partial charge in [-0.15, -0.1) is 0 Å². The Bertz CT molecular complexity index is 1060. The molecule has 8 nitrogen and oxygen atoms in total. The predicted molar refractivity (Wildman–Crippen MR) is 118 cm³/mol. The highest BCUT2D eigenvalue weighted by Crippen LogP contribution is 2.37. The summed E-state index contributed by atoms with van der Waals surface area (Å²) in [6, 6.07) is 7.41. The smallest absolute Gasteiger partial charge is 0.244 e. The lowest BCUT2D eigenvalue weighted by Crippen LogP contribution is -2.51. The van der Waals surface area contributed by atoms with Gasteiger partial charge in [0.2, 0.25) is 11.8 Å². The van der Waals surface area contributed by atoms with Crippen LogP contribution in [0.4, 0.5) is 0 Å². The van der Waals surface area contributed by atoms with Crippen LogP contribution in [-0.2, 0) is 19.4 Å². The third-order valence-corrected chi connectivity index (χ3v) is 9.45. The zero-order valence-corrected chi connectivity index (χ0v) is 19.5. The van der Waals surface area contributed by atoms with Gasteiger partial charge in [0, 0.05) is 12.5 Å². The van der Waals surface area contributed by atoms with Gasteiger partial charge < -0.3 is 15.1 Å². The predicted octanol–water partition coefficient (Wildman–Crippen LogP) is 1.60. The third-order valence-electron chi connectivity index (χ3n) is 6.82. The van der Waals surface area contributed by atoms with E-state index in [9.17, 15) is 23.3 Å². The van der Waals surface area contributed by atoms with E-state index in [2.05, 4.69) is 16.3 Å². The van der Waals surface area contributed by atoms with Crippen molar-refractivity contribution in [3.63, 3.8) is 0 Å². The number of hydrogen-bond donors (Lipinski definition) is 1. The van der Waals surface area contributed by atoms with Gasteiger partial charge in [-0.3, -0.25) is 9.59 Å². The van der Waals surface area contributed by atoms with Crippen molar-refractivity contribution in [1.29, 1.82) is 5.26 Å². The van der Waals surface area contributed by atoms with E-state index in [0.29, 0.717) is 25.7 Å². The molecule has 1 saturated carbocycles. The summed E-state index contributed by atoms with van der Waals surface area (Å²) >= 11 is 6.15. The second kappa shape index (κ2) is 8.65. The maximum Gasteiger partial charge on any atom is 0.244 e. The van der Waals surface area contributed by atoms with Gasteiger partial charge in [0.1, 0.15) is 11.6 Å². The molecule has 4 rings (SSSR count). The van der Waals surface area contributed by atoms with Crippen LogP contribution < -0.4 is 5.32 Å². The normalized spacial score (nSPS) is 25.8. The van der Waals surface area contributed by atoms with Gasteiger partial charge in [-0.25, -0.2) is 8.42 Å². The molecule has 3 aliphatic rings. The fourth-order valence-corrected chi connectivity index (χ4v) is 6.79. The summed E-state index contributed by atoms with van der Waals surface area (Å²) < 4.78 is 26.7. The van der Waals surface area contributed by atoms with Crippen LogP contribution in [0.2, 0.25) is 5.02 Å². The monoisotopic (exact) mass is 478 g/mol. The van der Waals surface area contributed by atoms with E-state index < -0.39 is 32.6 Å². The first-order chi connectivity index (χ1) is 15.2. The number of sulfone groups is 1. The van der Waals surface area contributed by atoms with Crippen LogP contribution in [0, 0.1) is 17.2 Å². The summed E-state index contributed by atoms with van der Waals surface area (Å²) in [6.07, 6.45) is 2.45. The first kappa shape index (κ1) is 23.0. The number of nitriles is 1. The molecular weight excluding hydrogens is 452 g/mol. The minimum Gasteiger partial charge on any atom is -0.336 e. The Morgan fingerprint density at radius 1 is 1.22 bits per heavy atom. The summed E-state index contributed by atoms with van der Waals surface area (Å²) in [7, 11) is -1.86. The van der Waals surface area contributed by atoms with E-state index in [0.717, 1.165) is 13.1 Å². The summed E-state index contributed by atoms with van der Waals surface area (Å²) in [5, 5.41) is 11.3. The average Bonchev–Trinajstić information content (AvgIpc) is 3.39. The number of halogens is 1. The Hall–Kier alpha value is -2.15. The molecule has 2 amide bonds. The first-order valence-electron chi connectivity index (χ1n) is 10.9. The molecular formula is C22H27ClN4O4S. The number of piperidine rings is 1. The van der Waals surface area contributed by atoms with Gasteiger partial charge in [-0.2, -0.15) is 5.26 Å². The molecule has 1 N–H and O–H groups in total. The minimum absolute atomic E-state index is 0.00935. The molecule has 0 aromatic heterocycles. The number of amides is 2. The van der Waals surface area contributed by atoms with Crippen LogP contribution >= 0.6 is 11.6 Å². The lowest BCUT2D eigenvalue weighted by molar-refractivity contribution is -0.142. The summed E-state index contributed by atoms with van der Waals surface area (Å²) in [6.45, 7) is 1.50. The van der Waals surface area contributed by atoms with Gasteiger partial charge in [0.15, 0.2) is 9.84 Å². The number of rotatable bonds is 5. The molecule has 3 fully saturated rings. The highest BCUT2D eigenvalue weighted by Gasteiger charge is 2.51. The van der Waals surface area contributed by atoms with E-state index in [1.165, 1.54) is 17.0 Å². The van der Waals surface area contributed by atoms with Crippen LogP contribution in [0.1, 0.15) is 32.1 Å². The van der Waals surface area contributed by atoms with E-state index in [4.69, 9.17) is 11.6 Å². The summed E-state index contributed by atoms with van der Waals surface area (Å²) in [5.41, 5.74) is -0.890. The van der Waals surface area contributed by atoms with Crippen LogP contribution in [0.15, 0.2) is 29.2 Å². The molecule has 32 heavy (non-hydrogen) atoms. The average molecular weight is 479 g/mol. The third kappa shape index (κ3) is 4.36. The van der Waals surface area contributed by atoms with Crippen LogP contribution in [-0.4, -0.2) is 73.5 Å². The number of nitrogens with zero attached hydrogens (tertiary/aromatic N) is 3. The number of carbonyl (C=O) groups excluding carboxylic acids is 2. The molecule has 172 valence electrons. The SMILES string of the molecule is CN1CCC(C(=O)N2CC(S(=O)(=O)c3ccccc3Cl)CC2C(=O)NC2(C#N)CC2)CC1. The molecule has 1 aromatic carbocycles. The van der Waals surface area contributed by atoms with Crippen molar-refractivity contribution >= 4 is 33.3 Å². The Labute approximate surface area is 193 Å². The quantitative estimate of drug-likeness (QED) is 0.688. The molecule has 2 aliphatic heterocycles. The van der Waals surface area contributed by atoms with Crippen molar-refractivity contribution < 1.29 is 18.0 Å². The lowest BCUT2D eigenvalue weighted by atomic mass is 9.95. The van der Waals surface area contributed by atoms with Crippen LogP contribution in [0.3, 0.4) is 0 Å². The van der Waals surface area contributed by atoms with Crippen molar-refractivity contribution in [1.82, 2.24) is 15.1 Å². The Kier molecular flexibility index (Phi) is 6.23. The Morgan fingerprint density at radius 2 is 1.88 bits per heavy atom. The molecule has 2 saturated heterocycles. The fraction of sp³-hybridized carbons (Fsp3) is 0.591. The van der Waals surface area contributed by atoms with Gasteiger partial charge in [0.25, 0.3) is 0 Å². The van der Waals surface area contributed by atoms with Gasteiger partial charge in [-0.05, 0) is 64.4 Å². The zero-order valence-electron chi connectivity index (χ0n) is 18.0. The Morgan fingerprint density at radius 3 is 2.47 bits per heavy atom. The van der Waals surface area contributed by atoms with E-state index >= 15 is 0 Å². The first-order valence-corrected chi connectivity index (χ1v) is 12.8. The molecule has 0 bridgehead atoms. The molecule has 0 spiro atoms. The second-order valence-corrected chi connectivity index (χ2v) is 11.7. The highest BCUT2D eigenvalue weighted by atomic mass is 35.5. The van der Waals surface area contributed by atoms with Gasteiger partial charge in [-0.1, -0.05) is 23.7 Å². The van der Waals surface area contributed by atoms with Crippen molar-refractivity contribution in [2.24, 2.45) is 5.92 Å². The molecule has 2 heterocycles. The number of carbonyl (C=O) groups is 2. The van der Waals surface area contributed by atoms with Crippen molar-refractivity contribution in [3.8, 4) is 6.07 Å².